The minimum atomic E-state index is -0.652. The summed E-state index contributed by atoms with van der Waals surface area (Å²) in [6, 6.07) is 4.96. The number of aromatic nitrogens is 4. The summed E-state index contributed by atoms with van der Waals surface area (Å²) in [4.78, 5) is 44.4. The second-order valence-electron chi connectivity index (χ2n) is 6.82. The van der Waals surface area contributed by atoms with Gasteiger partial charge in [0.25, 0.3) is 5.56 Å². The Bertz CT molecular complexity index is 1180. The standard InChI is InChI=1S/C21H26N4O6/c1-5-7-11-25-18-17(19(26)23-21(25)28)24(6-2)15(22-18)12-31-20(27)16-13(29-3)9-8-10-14(16)30-4/h8-10H,5-7,11-12H2,1-4H3,(H,23,26,28). The number of esters is 1. The van der Waals surface area contributed by atoms with Gasteiger partial charge in [-0.2, -0.15) is 0 Å². The van der Waals surface area contributed by atoms with Crippen LogP contribution in [-0.2, 0) is 24.4 Å². The number of H-pyrrole nitrogens is 1. The van der Waals surface area contributed by atoms with Crippen LogP contribution in [0.5, 0.6) is 11.5 Å². The molecular weight excluding hydrogens is 404 g/mol. The molecule has 10 nitrogen and oxygen atoms in total. The van der Waals surface area contributed by atoms with Crippen LogP contribution in [0.2, 0.25) is 0 Å². The highest BCUT2D eigenvalue weighted by molar-refractivity contribution is 5.95. The molecule has 166 valence electrons. The van der Waals surface area contributed by atoms with Gasteiger partial charge in [-0.3, -0.25) is 14.3 Å². The largest absolute Gasteiger partial charge is 0.496 e. The van der Waals surface area contributed by atoms with Crippen molar-refractivity contribution in [1.29, 1.82) is 0 Å². The number of aryl methyl sites for hydroxylation is 2. The third kappa shape index (κ3) is 4.18. The zero-order valence-electron chi connectivity index (χ0n) is 18.1. The number of rotatable bonds is 9. The first-order valence-corrected chi connectivity index (χ1v) is 10.1. The van der Waals surface area contributed by atoms with E-state index < -0.39 is 17.2 Å². The van der Waals surface area contributed by atoms with Crippen LogP contribution in [0.4, 0.5) is 0 Å². The molecule has 31 heavy (non-hydrogen) atoms. The van der Waals surface area contributed by atoms with Gasteiger partial charge in [-0.15, -0.1) is 0 Å². The minimum Gasteiger partial charge on any atom is -0.496 e. The quantitative estimate of drug-likeness (QED) is 0.517. The molecule has 2 heterocycles. The normalized spacial score (nSPS) is 11.0. The van der Waals surface area contributed by atoms with Crippen LogP contribution in [-0.4, -0.2) is 39.3 Å². The molecule has 0 amide bonds. The fourth-order valence-electron chi connectivity index (χ4n) is 3.45. The Kier molecular flexibility index (Phi) is 6.78. The van der Waals surface area contributed by atoms with E-state index in [0.29, 0.717) is 30.4 Å². The SMILES string of the molecule is CCCCn1c(=O)[nH]c(=O)c2c1nc(COC(=O)c1c(OC)cccc1OC)n2CC. The van der Waals surface area contributed by atoms with Gasteiger partial charge in [-0.25, -0.2) is 14.6 Å². The van der Waals surface area contributed by atoms with Crippen LogP contribution in [0.1, 0.15) is 42.9 Å². The topological polar surface area (TPSA) is 117 Å². The van der Waals surface area contributed by atoms with Crippen LogP contribution in [0.25, 0.3) is 11.2 Å². The molecule has 0 aliphatic heterocycles. The number of carbonyl (C=O) groups excluding carboxylic acids is 1. The van der Waals surface area contributed by atoms with Crippen molar-refractivity contribution < 1.29 is 19.0 Å². The number of carbonyl (C=O) groups is 1. The van der Waals surface area contributed by atoms with E-state index in [1.807, 2.05) is 13.8 Å². The Labute approximate surface area is 178 Å². The molecule has 0 unspecified atom stereocenters. The zero-order valence-corrected chi connectivity index (χ0v) is 18.1. The zero-order chi connectivity index (χ0) is 22.5. The van der Waals surface area contributed by atoms with Gasteiger partial charge in [-0.1, -0.05) is 19.4 Å². The lowest BCUT2D eigenvalue weighted by Gasteiger charge is -2.12. The molecular formula is C21H26N4O6. The number of nitrogens with zero attached hydrogens (tertiary/aromatic N) is 3. The number of imidazole rings is 1. The second-order valence-corrected chi connectivity index (χ2v) is 6.82. The number of methoxy groups -OCH3 is 2. The van der Waals surface area contributed by atoms with Crippen molar-refractivity contribution >= 4 is 17.1 Å². The lowest BCUT2D eigenvalue weighted by atomic mass is 10.2. The van der Waals surface area contributed by atoms with Crippen LogP contribution in [0.15, 0.2) is 27.8 Å². The van der Waals surface area contributed by atoms with E-state index in [1.165, 1.54) is 18.8 Å². The summed E-state index contributed by atoms with van der Waals surface area (Å²) in [6.07, 6.45) is 1.64. The summed E-state index contributed by atoms with van der Waals surface area (Å²) in [6.45, 7) is 4.51. The Morgan fingerprint density at radius 1 is 1.10 bits per heavy atom. The lowest BCUT2D eigenvalue weighted by molar-refractivity contribution is 0.0451. The molecule has 0 spiro atoms. The van der Waals surface area contributed by atoms with Gasteiger partial charge in [0.15, 0.2) is 11.2 Å². The van der Waals surface area contributed by atoms with Crippen LogP contribution >= 0.6 is 0 Å². The number of hydrogen-bond donors (Lipinski definition) is 1. The van der Waals surface area contributed by atoms with Crippen molar-refractivity contribution in [2.24, 2.45) is 0 Å². The van der Waals surface area contributed by atoms with Crippen molar-refractivity contribution in [1.82, 2.24) is 19.1 Å². The van der Waals surface area contributed by atoms with E-state index in [2.05, 4.69) is 9.97 Å². The summed E-state index contributed by atoms with van der Waals surface area (Å²) in [5, 5.41) is 0. The average molecular weight is 430 g/mol. The molecule has 0 aliphatic rings. The van der Waals surface area contributed by atoms with E-state index in [1.54, 1.807) is 22.8 Å². The number of unbranched alkanes of at least 4 members (excludes halogenated alkanes) is 1. The Morgan fingerprint density at radius 2 is 1.77 bits per heavy atom. The molecule has 0 saturated heterocycles. The first-order chi connectivity index (χ1) is 15.0. The Balaban J connectivity index is 1.99. The van der Waals surface area contributed by atoms with E-state index in [-0.39, 0.29) is 23.3 Å². The highest BCUT2D eigenvalue weighted by Gasteiger charge is 2.22. The van der Waals surface area contributed by atoms with Crippen molar-refractivity contribution in [3.8, 4) is 11.5 Å². The molecule has 0 atom stereocenters. The second kappa shape index (κ2) is 9.50. The fourth-order valence-corrected chi connectivity index (χ4v) is 3.45. The average Bonchev–Trinajstić information content (AvgIpc) is 3.15. The predicted octanol–water partition coefficient (Wildman–Crippen LogP) is 2.08. The third-order valence-electron chi connectivity index (χ3n) is 4.98. The van der Waals surface area contributed by atoms with Crippen molar-refractivity contribution in [2.75, 3.05) is 14.2 Å². The van der Waals surface area contributed by atoms with Gasteiger partial charge < -0.3 is 18.8 Å². The molecule has 0 saturated carbocycles. The summed E-state index contributed by atoms with van der Waals surface area (Å²) in [5.41, 5.74) is -0.312. The van der Waals surface area contributed by atoms with Crippen molar-refractivity contribution in [2.45, 2.75) is 46.4 Å². The van der Waals surface area contributed by atoms with Crippen molar-refractivity contribution in [3.05, 3.63) is 50.4 Å². The molecule has 1 aromatic carbocycles. The summed E-state index contributed by atoms with van der Waals surface area (Å²) < 4.78 is 19.1. The van der Waals surface area contributed by atoms with E-state index in [4.69, 9.17) is 14.2 Å². The highest BCUT2D eigenvalue weighted by Crippen LogP contribution is 2.29. The number of aromatic amines is 1. The summed E-state index contributed by atoms with van der Waals surface area (Å²) >= 11 is 0. The maximum absolute atomic E-state index is 12.8. The molecule has 1 N–H and O–H groups in total. The number of nitrogens with one attached hydrogen (secondary N) is 1. The predicted molar refractivity (Wildman–Crippen MR) is 114 cm³/mol. The monoisotopic (exact) mass is 430 g/mol. The molecule has 3 aromatic rings. The van der Waals surface area contributed by atoms with E-state index >= 15 is 0 Å². The molecule has 3 rings (SSSR count). The minimum absolute atomic E-state index is 0.157. The van der Waals surface area contributed by atoms with Gasteiger partial charge >= 0.3 is 11.7 Å². The van der Waals surface area contributed by atoms with Crippen LogP contribution in [0, 0.1) is 0 Å². The number of hydrogen-bond acceptors (Lipinski definition) is 7. The van der Waals surface area contributed by atoms with Crippen molar-refractivity contribution in [3.63, 3.8) is 0 Å². The first-order valence-electron chi connectivity index (χ1n) is 10.1. The number of benzene rings is 1. The molecule has 10 heteroatoms. The fraction of sp³-hybridized carbons (Fsp3) is 0.429. The van der Waals surface area contributed by atoms with Gasteiger partial charge in [0.05, 0.1) is 14.2 Å². The third-order valence-corrected chi connectivity index (χ3v) is 4.98. The number of ether oxygens (including phenoxy) is 3. The Morgan fingerprint density at radius 3 is 2.35 bits per heavy atom. The maximum atomic E-state index is 12.8. The van der Waals surface area contributed by atoms with Gasteiger partial charge in [0.2, 0.25) is 0 Å². The summed E-state index contributed by atoms with van der Waals surface area (Å²) in [7, 11) is 2.90. The van der Waals surface area contributed by atoms with Crippen LogP contribution in [0.3, 0.4) is 0 Å². The summed E-state index contributed by atoms with van der Waals surface area (Å²) in [5.74, 6) is 0.346. The molecule has 0 bridgehead atoms. The van der Waals surface area contributed by atoms with E-state index in [0.717, 1.165) is 12.8 Å². The highest BCUT2D eigenvalue weighted by atomic mass is 16.5. The van der Waals surface area contributed by atoms with Gasteiger partial charge in [0.1, 0.15) is 29.5 Å². The smallest absolute Gasteiger partial charge is 0.346 e. The molecule has 0 aliphatic carbocycles. The maximum Gasteiger partial charge on any atom is 0.346 e. The lowest BCUT2D eigenvalue weighted by Crippen LogP contribution is -2.31. The van der Waals surface area contributed by atoms with Gasteiger partial charge in [0, 0.05) is 13.1 Å². The Hall–Kier alpha value is -3.56. The van der Waals surface area contributed by atoms with Crippen LogP contribution < -0.4 is 20.7 Å². The molecule has 0 radical (unpaired) electrons. The number of fused-ring (bicyclic) bond motifs is 1. The molecule has 0 fully saturated rings. The first kappa shape index (κ1) is 22.1. The molecule has 2 aromatic heterocycles. The van der Waals surface area contributed by atoms with E-state index in [9.17, 15) is 14.4 Å². The van der Waals surface area contributed by atoms with Gasteiger partial charge in [-0.05, 0) is 25.5 Å².